The maximum Gasteiger partial charge on any atom is 0.519 e. The number of ether oxygens (including phenoxy) is 3. The van der Waals surface area contributed by atoms with Gasteiger partial charge in [0, 0.05) is 0 Å². The zero-order valence-corrected chi connectivity index (χ0v) is 12.5. The summed E-state index contributed by atoms with van der Waals surface area (Å²) in [5, 5.41) is 0.343. The Hall–Kier alpha value is -2.20. The van der Waals surface area contributed by atoms with Crippen LogP contribution in [0, 0.1) is 0 Å². The van der Waals surface area contributed by atoms with E-state index in [9.17, 15) is 4.79 Å². The summed E-state index contributed by atoms with van der Waals surface area (Å²) < 4.78 is 15.6. The van der Waals surface area contributed by atoms with Crippen molar-refractivity contribution in [1.82, 2.24) is 0 Å². The summed E-state index contributed by atoms with van der Waals surface area (Å²) in [5.74, 6) is 1.32. The number of carbonyl (C=O) groups excluding carboxylic acids is 1. The van der Waals surface area contributed by atoms with Crippen LogP contribution in [0.15, 0.2) is 48.5 Å². The Bertz CT molecular complexity index is 608. The van der Waals surface area contributed by atoms with E-state index in [2.05, 4.69) is 0 Å². The molecule has 2 aromatic rings. The van der Waals surface area contributed by atoms with Gasteiger partial charge >= 0.3 is 6.16 Å². The van der Waals surface area contributed by atoms with Crippen LogP contribution >= 0.6 is 11.6 Å². The molecule has 0 aromatic heterocycles. The third-order valence-corrected chi connectivity index (χ3v) is 2.74. The van der Waals surface area contributed by atoms with Crippen molar-refractivity contribution in [2.45, 2.75) is 20.0 Å². The summed E-state index contributed by atoms with van der Waals surface area (Å²) in [4.78, 5) is 11.7. The lowest BCUT2D eigenvalue weighted by atomic mass is 10.3. The minimum Gasteiger partial charge on any atom is -0.491 e. The van der Waals surface area contributed by atoms with Crippen molar-refractivity contribution in [3.8, 4) is 17.2 Å². The molecule has 0 amide bonds. The third kappa shape index (κ3) is 4.68. The average Bonchev–Trinajstić information content (AvgIpc) is 2.43. The van der Waals surface area contributed by atoms with E-state index in [4.69, 9.17) is 25.8 Å². The van der Waals surface area contributed by atoms with Gasteiger partial charge in [-0.1, -0.05) is 23.7 Å². The van der Waals surface area contributed by atoms with Gasteiger partial charge in [-0.15, -0.1) is 0 Å². The number of para-hydroxylation sites is 1. The van der Waals surface area contributed by atoms with Crippen molar-refractivity contribution in [2.24, 2.45) is 0 Å². The molecule has 0 heterocycles. The molecular weight excluding hydrogens is 292 g/mol. The summed E-state index contributed by atoms with van der Waals surface area (Å²) in [6, 6.07) is 13.4. The van der Waals surface area contributed by atoms with Crippen LogP contribution in [0.1, 0.15) is 13.8 Å². The minimum absolute atomic E-state index is 0.0851. The Kier molecular flexibility index (Phi) is 5.06. The molecule has 0 aliphatic heterocycles. The van der Waals surface area contributed by atoms with E-state index >= 15 is 0 Å². The molecule has 0 unspecified atom stereocenters. The summed E-state index contributed by atoms with van der Waals surface area (Å²) >= 11 is 5.89. The first-order chi connectivity index (χ1) is 10.0. The Morgan fingerprint density at radius 2 is 1.57 bits per heavy atom. The monoisotopic (exact) mass is 306 g/mol. The zero-order valence-electron chi connectivity index (χ0n) is 11.7. The second kappa shape index (κ2) is 6.99. The van der Waals surface area contributed by atoms with Gasteiger partial charge in [-0.25, -0.2) is 4.79 Å². The first-order valence-electron chi connectivity index (χ1n) is 6.45. The van der Waals surface area contributed by atoms with Crippen LogP contribution in [0.25, 0.3) is 0 Å². The van der Waals surface area contributed by atoms with Crippen molar-refractivity contribution >= 4 is 17.8 Å². The van der Waals surface area contributed by atoms with Crippen LogP contribution < -0.4 is 14.2 Å². The van der Waals surface area contributed by atoms with E-state index in [1.807, 2.05) is 13.8 Å². The van der Waals surface area contributed by atoms with Gasteiger partial charge in [-0.2, -0.15) is 0 Å². The summed E-state index contributed by atoms with van der Waals surface area (Å²) in [6.07, 6.45) is -0.761. The maximum atomic E-state index is 11.7. The SMILES string of the molecule is CC(C)Oc1ccc(OC(=O)Oc2ccccc2Cl)cc1. The Balaban J connectivity index is 1.95. The van der Waals surface area contributed by atoms with Crippen molar-refractivity contribution < 1.29 is 19.0 Å². The van der Waals surface area contributed by atoms with E-state index in [-0.39, 0.29) is 11.9 Å². The van der Waals surface area contributed by atoms with Crippen LogP contribution in [0.4, 0.5) is 4.79 Å². The van der Waals surface area contributed by atoms with Crippen LogP contribution in [0.5, 0.6) is 17.2 Å². The molecular formula is C16H15ClO4. The largest absolute Gasteiger partial charge is 0.519 e. The number of hydrogen-bond donors (Lipinski definition) is 0. The second-order valence-electron chi connectivity index (χ2n) is 4.52. The van der Waals surface area contributed by atoms with Crippen LogP contribution in [0.2, 0.25) is 5.02 Å². The highest BCUT2D eigenvalue weighted by molar-refractivity contribution is 6.32. The molecule has 5 heteroatoms. The number of hydrogen-bond acceptors (Lipinski definition) is 4. The third-order valence-electron chi connectivity index (χ3n) is 2.43. The highest BCUT2D eigenvalue weighted by atomic mass is 35.5. The first kappa shape index (κ1) is 15.2. The molecule has 2 aromatic carbocycles. The lowest BCUT2D eigenvalue weighted by molar-refractivity contribution is 0.152. The van der Waals surface area contributed by atoms with E-state index in [0.717, 1.165) is 0 Å². The molecule has 0 saturated heterocycles. The molecule has 0 fully saturated rings. The van der Waals surface area contributed by atoms with Crippen molar-refractivity contribution in [2.75, 3.05) is 0 Å². The van der Waals surface area contributed by atoms with Crippen LogP contribution in [0.3, 0.4) is 0 Å². The Morgan fingerprint density at radius 3 is 2.19 bits per heavy atom. The lowest BCUT2D eigenvalue weighted by Gasteiger charge is -2.10. The van der Waals surface area contributed by atoms with E-state index in [1.54, 1.807) is 48.5 Å². The summed E-state index contributed by atoms with van der Waals surface area (Å²) in [6.45, 7) is 3.87. The fourth-order valence-corrected chi connectivity index (χ4v) is 1.77. The maximum absolute atomic E-state index is 11.7. The first-order valence-corrected chi connectivity index (χ1v) is 6.83. The van der Waals surface area contributed by atoms with Gasteiger partial charge < -0.3 is 14.2 Å². The van der Waals surface area contributed by atoms with Crippen molar-refractivity contribution in [3.63, 3.8) is 0 Å². The minimum atomic E-state index is -0.847. The number of halogens is 1. The zero-order chi connectivity index (χ0) is 15.2. The summed E-state index contributed by atoms with van der Waals surface area (Å²) in [5.41, 5.74) is 0. The highest BCUT2D eigenvalue weighted by Gasteiger charge is 2.10. The quantitative estimate of drug-likeness (QED) is 0.606. The van der Waals surface area contributed by atoms with Gasteiger partial charge in [0.2, 0.25) is 0 Å². The fourth-order valence-electron chi connectivity index (χ4n) is 1.59. The molecule has 0 aliphatic carbocycles. The number of benzene rings is 2. The molecule has 0 N–H and O–H groups in total. The Labute approximate surface area is 128 Å². The van der Waals surface area contributed by atoms with E-state index in [1.165, 1.54) is 0 Å². The molecule has 0 bridgehead atoms. The normalized spacial score (nSPS) is 10.3. The fraction of sp³-hybridized carbons (Fsp3) is 0.188. The summed E-state index contributed by atoms with van der Waals surface area (Å²) in [7, 11) is 0. The second-order valence-corrected chi connectivity index (χ2v) is 4.93. The smallest absolute Gasteiger partial charge is 0.491 e. The average molecular weight is 307 g/mol. The van der Waals surface area contributed by atoms with Gasteiger partial charge in [0.25, 0.3) is 0 Å². The molecule has 0 radical (unpaired) electrons. The number of rotatable bonds is 4. The molecule has 0 saturated carbocycles. The topological polar surface area (TPSA) is 44.8 Å². The molecule has 110 valence electrons. The van der Waals surface area contributed by atoms with Crippen LogP contribution in [-0.4, -0.2) is 12.3 Å². The highest BCUT2D eigenvalue weighted by Crippen LogP contribution is 2.24. The van der Waals surface area contributed by atoms with Gasteiger partial charge in [-0.3, -0.25) is 0 Å². The molecule has 0 spiro atoms. The Morgan fingerprint density at radius 1 is 0.952 bits per heavy atom. The van der Waals surface area contributed by atoms with Crippen molar-refractivity contribution in [1.29, 1.82) is 0 Å². The molecule has 0 atom stereocenters. The molecule has 4 nitrogen and oxygen atoms in total. The molecule has 0 aliphatic rings. The molecule has 2 rings (SSSR count). The van der Waals surface area contributed by atoms with E-state index in [0.29, 0.717) is 16.5 Å². The van der Waals surface area contributed by atoms with Crippen molar-refractivity contribution in [3.05, 3.63) is 53.6 Å². The van der Waals surface area contributed by atoms with Gasteiger partial charge in [-0.05, 0) is 50.2 Å². The number of carbonyl (C=O) groups is 1. The predicted molar refractivity (Wildman–Crippen MR) is 80.3 cm³/mol. The standard InChI is InChI=1S/C16H15ClO4/c1-11(2)19-12-7-9-13(10-8-12)20-16(18)21-15-6-4-3-5-14(15)17/h3-11H,1-2H3. The molecule has 21 heavy (non-hydrogen) atoms. The van der Waals surface area contributed by atoms with Gasteiger partial charge in [0.15, 0.2) is 5.75 Å². The van der Waals surface area contributed by atoms with Crippen LogP contribution in [-0.2, 0) is 0 Å². The van der Waals surface area contributed by atoms with Gasteiger partial charge in [0.05, 0.1) is 11.1 Å². The predicted octanol–water partition coefficient (Wildman–Crippen LogP) is 4.71. The lowest BCUT2D eigenvalue weighted by Crippen LogP contribution is -2.14. The van der Waals surface area contributed by atoms with E-state index < -0.39 is 6.16 Å². The van der Waals surface area contributed by atoms with Gasteiger partial charge in [0.1, 0.15) is 11.5 Å².